The SMILES string of the molecule is CCC(C)(C)CNc1ccc([N+](=O)[O-])c2cnc(C)cc12. The molecule has 0 saturated heterocycles. The fourth-order valence-electron chi connectivity index (χ4n) is 2.10. The van der Waals surface area contributed by atoms with Crippen molar-refractivity contribution in [2.24, 2.45) is 5.41 Å². The Morgan fingerprint density at radius 1 is 1.33 bits per heavy atom. The maximum absolute atomic E-state index is 11.1. The number of anilines is 1. The number of fused-ring (bicyclic) bond motifs is 1. The molecule has 112 valence electrons. The van der Waals surface area contributed by atoms with Crippen LogP contribution in [-0.2, 0) is 0 Å². The van der Waals surface area contributed by atoms with Gasteiger partial charge in [-0.1, -0.05) is 20.8 Å². The molecule has 0 aliphatic heterocycles. The zero-order valence-corrected chi connectivity index (χ0v) is 12.9. The summed E-state index contributed by atoms with van der Waals surface area (Å²) in [6.07, 6.45) is 2.64. The van der Waals surface area contributed by atoms with Crippen LogP contribution in [0.5, 0.6) is 0 Å². The normalized spacial score (nSPS) is 11.6. The number of aromatic nitrogens is 1. The Kier molecular flexibility index (Phi) is 4.11. The number of hydrogen-bond acceptors (Lipinski definition) is 4. The second-order valence-electron chi connectivity index (χ2n) is 6.13. The third kappa shape index (κ3) is 3.29. The molecule has 0 bridgehead atoms. The zero-order valence-electron chi connectivity index (χ0n) is 12.9. The average Bonchev–Trinajstić information content (AvgIpc) is 2.44. The summed E-state index contributed by atoms with van der Waals surface area (Å²) < 4.78 is 0. The summed E-state index contributed by atoms with van der Waals surface area (Å²) in [7, 11) is 0. The molecule has 1 aromatic heterocycles. The molecule has 0 radical (unpaired) electrons. The molecule has 0 aliphatic rings. The highest BCUT2D eigenvalue weighted by Crippen LogP contribution is 2.32. The molecule has 0 unspecified atom stereocenters. The highest BCUT2D eigenvalue weighted by molar-refractivity contribution is 5.99. The van der Waals surface area contributed by atoms with Crippen LogP contribution >= 0.6 is 0 Å². The van der Waals surface area contributed by atoms with Gasteiger partial charge < -0.3 is 5.32 Å². The lowest BCUT2D eigenvalue weighted by molar-refractivity contribution is -0.383. The zero-order chi connectivity index (χ0) is 15.6. The third-order valence-electron chi connectivity index (χ3n) is 3.93. The van der Waals surface area contributed by atoms with Crippen molar-refractivity contribution in [3.05, 3.63) is 40.2 Å². The van der Waals surface area contributed by atoms with Crippen molar-refractivity contribution in [3.8, 4) is 0 Å². The number of hydrogen-bond donors (Lipinski definition) is 1. The molecule has 0 aliphatic carbocycles. The van der Waals surface area contributed by atoms with E-state index >= 15 is 0 Å². The Balaban J connectivity index is 2.48. The van der Waals surface area contributed by atoms with Crippen LogP contribution in [-0.4, -0.2) is 16.5 Å². The van der Waals surface area contributed by atoms with Gasteiger partial charge in [0, 0.05) is 35.6 Å². The van der Waals surface area contributed by atoms with Crippen molar-refractivity contribution in [2.45, 2.75) is 34.1 Å². The van der Waals surface area contributed by atoms with Crippen LogP contribution in [0.1, 0.15) is 32.9 Å². The monoisotopic (exact) mass is 287 g/mol. The fraction of sp³-hybridized carbons (Fsp3) is 0.438. The molecule has 0 fully saturated rings. The van der Waals surface area contributed by atoms with E-state index in [2.05, 4.69) is 31.1 Å². The van der Waals surface area contributed by atoms with Crippen molar-refractivity contribution < 1.29 is 4.92 Å². The van der Waals surface area contributed by atoms with E-state index in [0.717, 1.165) is 29.7 Å². The number of pyridine rings is 1. The van der Waals surface area contributed by atoms with Gasteiger partial charge in [0.1, 0.15) is 0 Å². The number of nitrogens with zero attached hydrogens (tertiary/aromatic N) is 2. The lowest BCUT2D eigenvalue weighted by atomic mass is 9.90. The largest absolute Gasteiger partial charge is 0.384 e. The van der Waals surface area contributed by atoms with Crippen molar-refractivity contribution in [1.82, 2.24) is 4.98 Å². The summed E-state index contributed by atoms with van der Waals surface area (Å²) in [6.45, 7) is 9.25. The summed E-state index contributed by atoms with van der Waals surface area (Å²) in [5, 5.41) is 16.0. The van der Waals surface area contributed by atoms with Crippen molar-refractivity contribution in [1.29, 1.82) is 0 Å². The molecule has 0 spiro atoms. The van der Waals surface area contributed by atoms with Crippen molar-refractivity contribution >= 4 is 22.1 Å². The van der Waals surface area contributed by atoms with E-state index in [1.165, 1.54) is 0 Å². The predicted octanol–water partition coefficient (Wildman–Crippen LogP) is 4.30. The highest BCUT2D eigenvalue weighted by atomic mass is 16.6. The number of aryl methyl sites for hydroxylation is 1. The van der Waals surface area contributed by atoms with Crippen LogP contribution in [0.3, 0.4) is 0 Å². The first-order valence-electron chi connectivity index (χ1n) is 7.12. The number of nitrogens with one attached hydrogen (secondary N) is 1. The fourth-order valence-corrected chi connectivity index (χ4v) is 2.10. The first-order chi connectivity index (χ1) is 9.84. The second-order valence-corrected chi connectivity index (χ2v) is 6.13. The smallest absolute Gasteiger partial charge is 0.278 e. The van der Waals surface area contributed by atoms with E-state index in [-0.39, 0.29) is 16.0 Å². The average molecular weight is 287 g/mol. The van der Waals surface area contributed by atoms with Crippen LogP contribution in [0.15, 0.2) is 24.4 Å². The van der Waals surface area contributed by atoms with Gasteiger partial charge in [0.15, 0.2) is 0 Å². The Hall–Kier alpha value is -2.17. The number of nitro groups is 1. The minimum atomic E-state index is -0.362. The van der Waals surface area contributed by atoms with Gasteiger partial charge in [-0.2, -0.15) is 0 Å². The van der Waals surface area contributed by atoms with Gasteiger partial charge in [0.25, 0.3) is 5.69 Å². The van der Waals surface area contributed by atoms with Gasteiger partial charge in [-0.3, -0.25) is 15.1 Å². The summed E-state index contributed by atoms with van der Waals surface area (Å²) in [6, 6.07) is 5.22. The van der Waals surface area contributed by atoms with Crippen LogP contribution in [0.2, 0.25) is 0 Å². The molecule has 0 saturated carbocycles. The molecule has 0 amide bonds. The molecule has 2 rings (SSSR count). The van der Waals surface area contributed by atoms with Gasteiger partial charge in [0.2, 0.25) is 0 Å². The van der Waals surface area contributed by atoms with Gasteiger partial charge >= 0.3 is 0 Å². The maximum atomic E-state index is 11.1. The topological polar surface area (TPSA) is 68.1 Å². The number of nitro benzene ring substituents is 1. The molecule has 1 aromatic carbocycles. The molecule has 21 heavy (non-hydrogen) atoms. The number of rotatable bonds is 5. The molecule has 0 atom stereocenters. The van der Waals surface area contributed by atoms with Gasteiger partial charge in [-0.25, -0.2) is 0 Å². The Bertz CT molecular complexity index is 681. The van der Waals surface area contributed by atoms with E-state index < -0.39 is 0 Å². The summed E-state index contributed by atoms with van der Waals surface area (Å²) in [5.74, 6) is 0. The van der Waals surface area contributed by atoms with Crippen LogP contribution in [0.4, 0.5) is 11.4 Å². The van der Waals surface area contributed by atoms with E-state index in [1.807, 2.05) is 13.0 Å². The van der Waals surface area contributed by atoms with Crippen LogP contribution in [0.25, 0.3) is 10.8 Å². The molecule has 2 aromatic rings. The van der Waals surface area contributed by atoms with Gasteiger partial charge in [0.05, 0.1) is 10.3 Å². The van der Waals surface area contributed by atoms with Crippen LogP contribution < -0.4 is 5.32 Å². The molecular weight excluding hydrogens is 266 g/mol. The van der Waals surface area contributed by atoms with Crippen molar-refractivity contribution in [3.63, 3.8) is 0 Å². The second kappa shape index (κ2) is 5.68. The van der Waals surface area contributed by atoms with Crippen LogP contribution in [0, 0.1) is 22.5 Å². The molecule has 1 N–H and O–H groups in total. The molecule has 1 heterocycles. The van der Waals surface area contributed by atoms with E-state index in [9.17, 15) is 10.1 Å². The van der Waals surface area contributed by atoms with E-state index in [0.29, 0.717) is 5.39 Å². The maximum Gasteiger partial charge on any atom is 0.278 e. The minimum Gasteiger partial charge on any atom is -0.384 e. The highest BCUT2D eigenvalue weighted by Gasteiger charge is 2.18. The number of benzene rings is 1. The number of non-ortho nitro benzene ring substituents is 1. The lowest BCUT2D eigenvalue weighted by Crippen LogP contribution is -2.22. The third-order valence-corrected chi connectivity index (χ3v) is 3.93. The standard InChI is InChI=1S/C16H21N3O2/c1-5-16(3,4)10-18-14-6-7-15(19(20)21)13-9-17-11(2)8-12(13)14/h6-9,18H,5,10H2,1-4H3. The summed E-state index contributed by atoms with van der Waals surface area (Å²) in [5.41, 5.74) is 2.04. The Labute approximate surface area is 124 Å². The lowest BCUT2D eigenvalue weighted by Gasteiger charge is -2.24. The molecule has 5 heteroatoms. The van der Waals surface area contributed by atoms with E-state index in [1.54, 1.807) is 18.3 Å². The van der Waals surface area contributed by atoms with Gasteiger partial charge in [-0.15, -0.1) is 0 Å². The first-order valence-corrected chi connectivity index (χ1v) is 7.12. The summed E-state index contributed by atoms with van der Waals surface area (Å²) in [4.78, 5) is 15.0. The van der Waals surface area contributed by atoms with Gasteiger partial charge in [-0.05, 0) is 30.9 Å². The summed E-state index contributed by atoms with van der Waals surface area (Å²) >= 11 is 0. The molecular formula is C16H21N3O2. The van der Waals surface area contributed by atoms with E-state index in [4.69, 9.17) is 0 Å². The molecule has 5 nitrogen and oxygen atoms in total. The van der Waals surface area contributed by atoms with Crippen molar-refractivity contribution in [2.75, 3.05) is 11.9 Å². The first kappa shape index (κ1) is 15.2. The minimum absolute atomic E-state index is 0.0952. The quantitative estimate of drug-likeness (QED) is 0.657. The predicted molar refractivity (Wildman–Crippen MR) is 85.7 cm³/mol. The Morgan fingerprint density at radius 3 is 2.67 bits per heavy atom. The Morgan fingerprint density at radius 2 is 2.05 bits per heavy atom.